The van der Waals surface area contributed by atoms with Gasteiger partial charge < -0.3 is 10.0 Å². The van der Waals surface area contributed by atoms with Crippen LogP contribution in [0.4, 0.5) is 13.2 Å². The van der Waals surface area contributed by atoms with E-state index in [2.05, 4.69) is 4.90 Å². The van der Waals surface area contributed by atoms with E-state index in [0.29, 0.717) is 6.42 Å². The lowest BCUT2D eigenvalue weighted by Crippen LogP contribution is -2.45. The van der Waals surface area contributed by atoms with Crippen molar-refractivity contribution in [1.29, 1.82) is 0 Å². The van der Waals surface area contributed by atoms with Gasteiger partial charge in [-0.3, -0.25) is 4.79 Å². The highest BCUT2D eigenvalue weighted by Crippen LogP contribution is 2.39. The number of aliphatic carboxylic acids is 1. The molecule has 1 saturated heterocycles. The van der Waals surface area contributed by atoms with Gasteiger partial charge >= 0.3 is 12.1 Å². The number of rotatable bonds is 3. The molecule has 1 aliphatic carbocycles. The molecule has 2 aliphatic rings. The van der Waals surface area contributed by atoms with Crippen LogP contribution in [0.5, 0.6) is 0 Å². The third-order valence-electron chi connectivity index (χ3n) is 4.74. The predicted octanol–water partition coefficient (Wildman–Crippen LogP) is 3.29. The first kappa shape index (κ1) is 15.6. The standard InChI is InChI=1S/C14H22F3NO2/c15-14(16,17)11-2-1-3-12(9-11)18-6-4-10(5-7-18)8-13(19)20/h10-12H,1-9H2,(H,19,20). The minimum atomic E-state index is -4.07. The molecule has 0 spiro atoms. The molecule has 1 saturated carbocycles. The number of likely N-dealkylation sites (tertiary alicyclic amines) is 1. The van der Waals surface area contributed by atoms with Crippen molar-refractivity contribution in [3.63, 3.8) is 0 Å². The van der Waals surface area contributed by atoms with Crippen molar-refractivity contribution in [3.05, 3.63) is 0 Å². The molecule has 2 fully saturated rings. The molecule has 116 valence electrons. The number of alkyl halides is 3. The monoisotopic (exact) mass is 293 g/mol. The van der Waals surface area contributed by atoms with Crippen molar-refractivity contribution < 1.29 is 23.1 Å². The maximum atomic E-state index is 12.8. The first-order chi connectivity index (χ1) is 9.36. The molecule has 20 heavy (non-hydrogen) atoms. The van der Waals surface area contributed by atoms with E-state index in [1.54, 1.807) is 0 Å². The van der Waals surface area contributed by atoms with Gasteiger partial charge in [0.2, 0.25) is 0 Å². The molecule has 0 radical (unpaired) electrons. The average Bonchev–Trinajstić information content (AvgIpc) is 2.38. The molecule has 1 N–H and O–H groups in total. The first-order valence-corrected chi connectivity index (χ1v) is 7.39. The molecule has 2 unspecified atom stereocenters. The minimum absolute atomic E-state index is 0.0288. The Bertz CT molecular complexity index is 338. The lowest BCUT2D eigenvalue weighted by Gasteiger charge is -2.41. The molecule has 6 heteroatoms. The zero-order chi connectivity index (χ0) is 14.8. The van der Waals surface area contributed by atoms with Gasteiger partial charge in [-0.15, -0.1) is 0 Å². The van der Waals surface area contributed by atoms with E-state index in [1.807, 2.05) is 0 Å². The minimum Gasteiger partial charge on any atom is -0.481 e. The van der Waals surface area contributed by atoms with Crippen molar-refractivity contribution >= 4 is 5.97 Å². The second kappa shape index (κ2) is 6.33. The Kier molecular flexibility index (Phi) is 4.94. The Labute approximate surface area is 117 Å². The predicted molar refractivity (Wildman–Crippen MR) is 68.4 cm³/mol. The summed E-state index contributed by atoms with van der Waals surface area (Å²) in [5.74, 6) is -1.75. The lowest BCUT2D eigenvalue weighted by molar-refractivity contribution is -0.187. The van der Waals surface area contributed by atoms with Gasteiger partial charge in [-0.25, -0.2) is 0 Å². The van der Waals surface area contributed by atoms with E-state index >= 15 is 0 Å². The van der Waals surface area contributed by atoms with Crippen molar-refractivity contribution in [3.8, 4) is 0 Å². The molecule has 2 rings (SSSR count). The van der Waals surface area contributed by atoms with E-state index in [9.17, 15) is 18.0 Å². The normalized spacial score (nSPS) is 30.4. The highest BCUT2D eigenvalue weighted by atomic mass is 19.4. The number of hydrogen-bond acceptors (Lipinski definition) is 2. The summed E-state index contributed by atoms with van der Waals surface area (Å²) < 4.78 is 38.4. The second-order valence-corrected chi connectivity index (χ2v) is 6.14. The Morgan fingerprint density at radius 2 is 1.80 bits per heavy atom. The smallest absolute Gasteiger partial charge is 0.391 e. The maximum Gasteiger partial charge on any atom is 0.391 e. The first-order valence-electron chi connectivity index (χ1n) is 7.39. The third kappa shape index (κ3) is 4.11. The summed E-state index contributed by atoms with van der Waals surface area (Å²) in [4.78, 5) is 12.8. The zero-order valence-corrected chi connectivity index (χ0v) is 11.5. The van der Waals surface area contributed by atoms with E-state index in [0.717, 1.165) is 32.4 Å². The summed E-state index contributed by atoms with van der Waals surface area (Å²) in [7, 11) is 0. The molecule has 0 aromatic heterocycles. The van der Waals surface area contributed by atoms with Crippen LogP contribution in [0.25, 0.3) is 0 Å². The van der Waals surface area contributed by atoms with Gasteiger partial charge in [-0.05, 0) is 51.1 Å². The van der Waals surface area contributed by atoms with E-state index in [-0.39, 0.29) is 31.2 Å². The molecule has 2 atom stereocenters. The Morgan fingerprint density at radius 1 is 1.15 bits per heavy atom. The van der Waals surface area contributed by atoms with Crippen LogP contribution in [0.15, 0.2) is 0 Å². The van der Waals surface area contributed by atoms with Crippen molar-refractivity contribution in [1.82, 2.24) is 4.90 Å². The number of carboxylic acids is 1. The van der Waals surface area contributed by atoms with Gasteiger partial charge in [-0.1, -0.05) is 6.42 Å². The Hall–Kier alpha value is -0.780. The second-order valence-electron chi connectivity index (χ2n) is 6.14. The van der Waals surface area contributed by atoms with Crippen LogP contribution in [0, 0.1) is 11.8 Å². The Balaban J connectivity index is 1.83. The van der Waals surface area contributed by atoms with Crippen LogP contribution >= 0.6 is 0 Å². The number of halogens is 3. The summed E-state index contributed by atoms with van der Waals surface area (Å²) in [5.41, 5.74) is 0. The SMILES string of the molecule is O=C(O)CC1CCN(C2CCCC(C(F)(F)F)C2)CC1. The van der Waals surface area contributed by atoms with Crippen molar-refractivity contribution in [2.45, 2.75) is 57.2 Å². The summed E-state index contributed by atoms with van der Waals surface area (Å²) >= 11 is 0. The molecule has 0 aromatic rings. The van der Waals surface area contributed by atoms with Gasteiger partial charge in [0.1, 0.15) is 0 Å². The van der Waals surface area contributed by atoms with E-state index < -0.39 is 18.1 Å². The van der Waals surface area contributed by atoms with Crippen molar-refractivity contribution in [2.75, 3.05) is 13.1 Å². The van der Waals surface area contributed by atoms with Gasteiger partial charge in [0, 0.05) is 12.5 Å². The zero-order valence-electron chi connectivity index (χ0n) is 11.5. The summed E-state index contributed by atoms with van der Waals surface area (Å²) in [6.07, 6.45) is -0.342. The number of hydrogen-bond donors (Lipinski definition) is 1. The molecular weight excluding hydrogens is 271 g/mol. The van der Waals surface area contributed by atoms with Crippen LogP contribution in [-0.4, -0.2) is 41.3 Å². The van der Waals surface area contributed by atoms with Gasteiger partial charge in [-0.2, -0.15) is 13.2 Å². The van der Waals surface area contributed by atoms with Crippen molar-refractivity contribution in [2.24, 2.45) is 11.8 Å². The molecule has 3 nitrogen and oxygen atoms in total. The number of piperidine rings is 1. The summed E-state index contributed by atoms with van der Waals surface area (Å²) in [5, 5.41) is 8.77. The fraction of sp³-hybridized carbons (Fsp3) is 0.929. The lowest BCUT2D eigenvalue weighted by atomic mass is 9.83. The molecule has 1 aliphatic heterocycles. The van der Waals surface area contributed by atoms with Crippen LogP contribution in [0.2, 0.25) is 0 Å². The van der Waals surface area contributed by atoms with Crippen LogP contribution < -0.4 is 0 Å². The van der Waals surface area contributed by atoms with Crippen LogP contribution in [0.3, 0.4) is 0 Å². The number of carboxylic acid groups (broad SMARTS) is 1. The maximum absolute atomic E-state index is 12.8. The Morgan fingerprint density at radius 3 is 2.35 bits per heavy atom. The largest absolute Gasteiger partial charge is 0.481 e. The van der Waals surface area contributed by atoms with E-state index in [1.165, 1.54) is 0 Å². The molecule has 0 bridgehead atoms. The number of nitrogens with zero attached hydrogens (tertiary/aromatic N) is 1. The fourth-order valence-corrected chi connectivity index (χ4v) is 3.56. The van der Waals surface area contributed by atoms with Crippen LogP contribution in [0.1, 0.15) is 44.9 Å². The van der Waals surface area contributed by atoms with Gasteiger partial charge in [0.15, 0.2) is 0 Å². The van der Waals surface area contributed by atoms with Crippen LogP contribution in [-0.2, 0) is 4.79 Å². The number of carbonyl (C=O) groups is 1. The molecule has 0 aromatic carbocycles. The topological polar surface area (TPSA) is 40.5 Å². The third-order valence-corrected chi connectivity index (χ3v) is 4.74. The summed E-state index contributed by atoms with van der Waals surface area (Å²) in [6, 6.07) is 0.0288. The van der Waals surface area contributed by atoms with Gasteiger partial charge in [0.25, 0.3) is 0 Å². The molecule has 1 heterocycles. The highest BCUT2D eigenvalue weighted by molar-refractivity contribution is 5.67. The summed E-state index contributed by atoms with van der Waals surface area (Å²) in [6.45, 7) is 1.49. The molecular formula is C14H22F3NO2. The van der Waals surface area contributed by atoms with Gasteiger partial charge in [0.05, 0.1) is 5.92 Å². The fourth-order valence-electron chi connectivity index (χ4n) is 3.56. The molecule has 0 amide bonds. The van der Waals surface area contributed by atoms with E-state index in [4.69, 9.17) is 5.11 Å². The average molecular weight is 293 g/mol. The quantitative estimate of drug-likeness (QED) is 0.868. The highest BCUT2D eigenvalue weighted by Gasteiger charge is 2.43.